The highest BCUT2D eigenvalue weighted by molar-refractivity contribution is 7.87. The van der Waals surface area contributed by atoms with Gasteiger partial charge in [0.1, 0.15) is 10.6 Å². The lowest BCUT2D eigenvalue weighted by molar-refractivity contribution is -0.386. The largest absolute Gasteiger partial charge is 0.378 e. The van der Waals surface area contributed by atoms with Crippen LogP contribution in [0.25, 0.3) is 0 Å². The lowest BCUT2D eigenvalue weighted by Crippen LogP contribution is -2.15. The first-order valence-electron chi connectivity index (χ1n) is 7.73. The number of hydrogen-bond donors (Lipinski definition) is 0. The molecule has 2 aromatic carbocycles. The molecule has 25 heavy (non-hydrogen) atoms. The van der Waals surface area contributed by atoms with Crippen LogP contribution in [0.4, 0.5) is 5.69 Å². The molecule has 134 valence electrons. The second-order valence-electron chi connectivity index (χ2n) is 6.34. The van der Waals surface area contributed by atoms with E-state index >= 15 is 0 Å². The van der Waals surface area contributed by atoms with Gasteiger partial charge in [-0.1, -0.05) is 17.7 Å². The van der Waals surface area contributed by atoms with Crippen LogP contribution in [0.5, 0.6) is 5.75 Å². The number of aryl methyl sites for hydroxylation is 5. The van der Waals surface area contributed by atoms with E-state index in [1.807, 2.05) is 19.1 Å². The average Bonchev–Trinajstić information content (AvgIpc) is 2.41. The van der Waals surface area contributed by atoms with Gasteiger partial charge in [-0.05, 0) is 64.3 Å². The highest BCUT2D eigenvalue weighted by Gasteiger charge is 2.30. The molecule has 0 aliphatic rings. The molecule has 0 spiro atoms. The van der Waals surface area contributed by atoms with E-state index in [0.29, 0.717) is 22.3 Å². The van der Waals surface area contributed by atoms with E-state index in [-0.39, 0.29) is 21.9 Å². The Morgan fingerprint density at radius 1 is 0.880 bits per heavy atom. The quantitative estimate of drug-likeness (QED) is 0.461. The van der Waals surface area contributed by atoms with Crippen molar-refractivity contribution in [3.05, 3.63) is 61.7 Å². The predicted molar refractivity (Wildman–Crippen MR) is 95.8 cm³/mol. The fourth-order valence-electron chi connectivity index (χ4n) is 3.27. The van der Waals surface area contributed by atoms with E-state index in [2.05, 4.69) is 0 Å². The fourth-order valence-corrected chi connectivity index (χ4v) is 4.76. The molecular weight excluding hydrogens is 342 g/mol. The monoisotopic (exact) mass is 363 g/mol. The van der Waals surface area contributed by atoms with E-state index in [1.165, 1.54) is 13.0 Å². The summed E-state index contributed by atoms with van der Waals surface area (Å²) in [5.74, 6) is 0.257. The Morgan fingerprint density at radius 2 is 1.40 bits per heavy atom. The molecule has 0 fully saturated rings. The molecule has 7 heteroatoms. The van der Waals surface area contributed by atoms with Gasteiger partial charge in [0.2, 0.25) is 0 Å². The van der Waals surface area contributed by atoms with E-state index < -0.39 is 15.0 Å². The lowest BCUT2D eigenvalue weighted by atomic mass is 10.1. The number of rotatable bonds is 4. The molecule has 0 radical (unpaired) electrons. The highest BCUT2D eigenvalue weighted by atomic mass is 32.2. The first-order valence-corrected chi connectivity index (χ1v) is 9.14. The third-order valence-corrected chi connectivity index (χ3v) is 5.61. The van der Waals surface area contributed by atoms with E-state index in [1.54, 1.807) is 27.7 Å². The molecular formula is C18H21NO5S. The van der Waals surface area contributed by atoms with Crippen LogP contribution in [0.1, 0.15) is 33.4 Å². The molecule has 0 aliphatic carbocycles. The molecule has 0 aromatic heterocycles. The maximum absolute atomic E-state index is 12.9. The van der Waals surface area contributed by atoms with Crippen molar-refractivity contribution in [1.29, 1.82) is 0 Å². The molecule has 0 N–H and O–H groups in total. The summed E-state index contributed by atoms with van der Waals surface area (Å²) in [5, 5.41) is 11.3. The van der Waals surface area contributed by atoms with Crippen molar-refractivity contribution in [3.8, 4) is 5.75 Å². The molecule has 0 saturated heterocycles. The third-order valence-electron chi connectivity index (χ3n) is 4.09. The molecule has 0 saturated carbocycles. The molecule has 0 heterocycles. The Kier molecular flexibility index (Phi) is 4.90. The van der Waals surface area contributed by atoms with Gasteiger partial charge in [0.15, 0.2) is 0 Å². The van der Waals surface area contributed by atoms with Crippen molar-refractivity contribution >= 4 is 15.8 Å². The zero-order valence-corrected chi connectivity index (χ0v) is 15.9. The van der Waals surface area contributed by atoms with Crippen LogP contribution >= 0.6 is 0 Å². The zero-order valence-electron chi connectivity index (χ0n) is 15.1. The van der Waals surface area contributed by atoms with Gasteiger partial charge in [-0.25, -0.2) is 0 Å². The van der Waals surface area contributed by atoms with E-state index in [0.717, 1.165) is 5.56 Å². The van der Waals surface area contributed by atoms with Crippen molar-refractivity contribution in [3.63, 3.8) is 0 Å². The summed E-state index contributed by atoms with van der Waals surface area (Å²) in [6, 6.07) is 5.15. The van der Waals surface area contributed by atoms with Crippen molar-refractivity contribution in [1.82, 2.24) is 0 Å². The van der Waals surface area contributed by atoms with Crippen molar-refractivity contribution in [2.75, 3.05) is 0 Å². The summed E-state index contributed by atoms with van der Waals surface area (Å²) >= 11 is 0. The third kappa shape index (κ3) is 3.51. The molecule has 0 amide bonds. The second-order valence-corrected chi connectivity index (χ2v) is 7.82. The average molecular weight is 363 g/mol. The number of nitro benzene ring substituents is 1. The SMILES string of the molecule is Cc1cc(C)c(OS(=O)(=O)c2c(C)cc(C)c([N+](=O)[O-])c2C)c(C)c1. The minimum absolute atomic E-state index is 0.0879. The Hall–Kier alpha value is -2.41. The maximum atomic E-state index is 12.9. The summed E-state index contributed by atoms with van der Waals surface area (Å²) < 4.78 is 31.1. The van der Waals surface area contributed by atoms with Crippen LogP contribution in [0, 0.1) is 51.7 Å². The first-order chi connectivity index (χ1) is 11.5. The smallest absolute Gasteiger partial charge is 0.340 e. The van der Waals surface area contributed by atoms with Gasteiger partial charge in [-0.15, -0.1) is 0 Å². The molecule has 2 aromatic rings. The van der Waals surface area contributed by atoms with Crippen LogP contribution in [-0.4, -0.2) is 13.3 Å². The number of nitrogens with zero attached hydrogens (tertiary/aromatic N) is 1. The summed E-state index contributed by atoms with van der Waals surface area (Å²) in [6.45, 7) is 10.1. The normalized spacial score (nSPS) is 11.4. The second kappa shape index (κ2) is 6.48. The molecule has 0 aliphatic heterocycles. The zero-order chi connectivity index (χ0) is 19.1. The van der Waals surface area contributed by atoms with Gasteiger partial charge >= 0.3 is 10.1 Å². The topological polar surface area (TPSA) is 86.5 Å². The van der Waals surface area contributed by atoms with Gasteiger partial charge in [-0.2, -0.15) is 8.42 Å². The summed E-state index contributed by atoms with van der Waals surface area (Å²) in [4.78, 5) is 10.6. The predicted octanol–water partition coefficient (Wildman–Crippen LogP) is 4.21. The fraction of sp³-hybridized carbons (Fsp3) is 0.333. The summed E-state index contributed by atoms with van der Waals surface area (Å²) in [7, 11) is -4.21. The minimum atomic E-state index is -4.21. The van der Waals surface area contributed by atoms with Crippen LogP contribution in [0.3, 0.4) is 0 Å². The number of nitro groups is 1. The van der Waals surface area contributed by atoms with E-state index in [4.69, 9.17) is 4.18 Å². The Balaban J connectivity index is 2.66. The van der Waals surface area contributed by atoms with Crippen molar-refractivity contribution in [2.45, 2.75) is 46.4 Å². The van der Waals surface area contributed by atoms with Gasteiger partial charge < -0.3 is 4.18 Å². The standard InChI is InChI=1S/C18H21NO5S/c1-10-7-12(3)17(13(4)8-10)24-25(22,23)18-14(5)9-11(2)16(15(18)6)19(20)21/h7-9H,1-6H3. The van der Waals surface area contributed by atoms with Crippen LogP contribution < -0.4 is 4.18 Å². The maximum Gasteiger partial charge on any atom is 0.340 e. The van der Waals surface area contributed by atoms with Gasteiger partial charge in [0, 0.05) is 11.1 Å². The van der Waals surface area contributed by atoms with Crippen LogP contribution in [-0.2, 0) is 10.1 Å². The lowest BCUT2D eigenvalue weighted by Gasteiger charge is -2.16. The van der Waals surface area contributed by atoms with Crippen molar-refractivity contribution < 1.29 is 17.5 Å². The van der Waals surface area contributed by atoms with Gasteiger partial charge in [0.05, 0.1) is 4.92 Å². The minimum Gasteiger partial charge on any atom is -0.378 e. The summed E-state index contributed by atoms with van der Waals surface area (Å²) in [6.07, 6.45) is 0. The Labute approximate surface area is 147 Å². The van der Waals surface area contributed by atoms with E-state index in [9.17, 15) is 18.5 Å². The first kappa shape index (κ1) is 18.9. The molecule has 0 atom stereocenters. The van der Waals surface area contributed by atoms with Gasteiger partial charge in [-0.3, -0.25) is 10.1 Å². The molecule has 6 nitrogen and oxygen atoms in total. The van der Waals surface area contributed by atoms with Crippen molar-refractivity contribution in [2.24, 2.45) is 0 Å². The molecule has 0 bridgehead atoms. The highest BCUT2D eigenvalue weighted by Crippen LogP contribution is 2.34. The van der Waals surface area contributed by atoms with Crippen LogP contribution in [0.15, 0.2) is 23.1 Å². The number of benzene rings is 2. The molecule has 0 unspecified atom stereocenters. The Morgan fingerprint density at radius 3 is 1.88 bits per heavy atom. The number of hydrogen-bond acceptors (Lipinski definition) is 5. The molecule has 2 rings (SSSR count). The Bertz CT molecular complexity index is 954. The van der Waals surface area contributed by atoms with Crippen LogP contribution in [0.2, 0.25) is 0 Å². The van der Waals surface area contributed by atoms with Gasteiger partial charge in [0.25, 0.3) is 5.69 Å². The summed E-state index contributed by atoms with van der Waals surface area (Å²) in [5.41, 5.74) is 3.11.